The fraction of sp³-hybridized carbons (Fsp3) is 0.625. The standard InChI is InChI=1S/C32H44F2O/c1-4-6-8-9-10-24(3)35-30-28(33)22-26(23-29(30)34)25-11-13-27(14-12-25)32-19-16-31(17-20-32,18-21-32)15-7-5-2/h11-14,22-24H,4-10,15-21H2,1-3H3. The van der Waals surface area contributed by atoms with Crippen molar-refractivity contribution in [3.63, 3.8) is 0 Å². The van der Waals surface area contributed by atoms with Crippen molar-refractivity contribution < 1.29 is 13.5 Å². The predicted octanol–water partition coefficient (Wildman–Crippen LogP) is 10.2. The zero-order valence-corrected chi connectivity index (χ0v) is 22.1. The van der Waals surface area contributed by atoms with Crippen LogP contribution in [-0.4, -0.2) is 6.10 Å². The van der Waals surface area contributed by atoms with Gasteiger partial charge in [-0.2, -0.15) is 0 Å². The SMILES string of the molecule is CCCCCCC(C)Oc1c(F)cc(-c2ccc(C34CCC(CCCC)(CC3)CC4)cc2)cc1F. The van der Waals surface area contributed by atoms with Gasteiger partial charge in [0, 0.05) is 0 Å². The first-order chi connectivity index (χ1) is 16.9. The average molecular weight is 483 g/mol. The zero-order chi connectivity index (χ0) is 24.9. The highest BCUT2D eigenvalue weighted by atomic mass is 19.1. The zero-order valence-electron chi connectivity index (χ0n) is 22.1. The van der Waals surface area contributed by atoms with Gasteiger partial charge in [-0.15, -0.1) is 0 Å². The molecule has 0 spiro atoms. The van der Waals surface area contributed by atoms with Crippen LogP contribution in [0.3, 0.4) is 0 Å². The summed E-state index contributed by atoms with van der Waals surface area (Å²) < 4.78 is 35.4. The molecule has 0 aromatic heterocycles. The molecule has 0 heterocycles. The van der Waals surface area contributed by atoms with E-state index in [1.54, 1.807) is 0 Å². The highest BCUT2D eigenvalue weighted by Crippen LogP contribution is 2.59. The maximum atomic E-state index is 14.9. The Morgan fingerprint density at radius 3 is 1.94 bits per heavy atom. The first-order valence-corrected chi connectivity index (χ1v) is 14.2. The minimum atomic E-state index is -0.619. The molecule has 2 aromatic carbocycles. The molecule has 3 aliphatic carbocycles. The molecular weight excluding hydrogens is 438 g/mol. The van der Waals surface area contributed by atoms with Gasteiger partial charge in [-0.3, -0.25) is 0 Å². The molecular formula is C32H44F2O. The number of rotatable bonds is 12. The van der Waals surface area contributed by atoms with Gasteiger partial charge in [-0.25, -0.2) is 8.78 Å². The van der Waals surface area contributed by atoms with Gasteiger partial charge in [-0.1, -0.05) is 70.2 Å². The van der Waals surface area contributed by atoms with E-state index in [2.05, 4.69) is 26.0 Å². The Labute approximate surface area is 211 Å². The van der Waals surface area contributed by atoms with Gasteiger partial charge in [0.1, 0.15) is 0 Å². The molecule has 192 valence electrons. The number of hydrogen-bond acceptors (Lipinski definition) is 1. The lowest BCUT2D eigenvalue weighted by Crippen LogP contribution is -2.44. The van der Waals surface area contributed by atoms with Gasteiger partial charge in [0.05, 0.1) is 6.10 Å². The van der Waals surface area contributed by atoms with Gasteiger partial charge in [-0.05, 0) is 104 Å². The molecule has 0 saturated heterocycles. The summed E-state index contributed by atoms with van der Waals surface area (Å²) in [6.45, 7) is 6.35. The fourth-order valence-electron chi connectivity index (χ4n) is 6.60. The summed E-state index contributed by atoms with van der Waals surface area (Å²) in [6.07, 6.45) is 17.0. The molecule has 1 unspecified atom stereocenters. The Balaban J connectivity index is 1.42. The summed E-state index contributed by atoms with van der Waals surface area (Å²) in [5.41, 5.74) is 3.73. The van der Waals surface area contributed by atoms with Crippen molar-refractivity contribution >= 4 is 0 Å². The Kier molecular flexibility index (Phi) is 8.55. The molecule has 1 atom stereocenters. The van der Waals surface area contributed by atoms with E-state index in [9.17, 15) is 8.78 Å². The molecule has 2 aromatic rings. The molecule has 0 radical (unpaired) electrons. The molecule has 3 aliphatic rings. The molecule has 0 aliphatic heterocycles. The summed E-state index contributed by atoms with van der Waals surface area (Å²) in [5, 5.41) is 0. The summed E-state index contributed by atoms with van der Waals surface area (Å²) >= 11 is 0. The molecule has 0 amide bonds. The van der Waals surface area contributed by atoms with E-state index in [0.717, 1.165) is 24.8 Å². The van der Waals surface area contributed by atoms with E-state index in [0.29, 0.717) is 16.4 Å². The van der Waals surface area contributed by atoms with Crippen LogP contribution in [0, 0.1) is 17.0 Å². The van der Waals surface area contributed by atoms with Crippen molar-refractivity contribution in [2.24, 2.45) is 5.41 Å². The second-order valence-electron chi connectivity index (χ2n) is 11.5. The van der Waals surface area contributed by atoms with Crippen LogP contribution in [0.5, 0.6) is 5.75 Å². The van der Waals surface area contributed by atoms with Crippen molar-refractivity contribution in [2.75, 3.05) is 0 Å². The van der Waals surface area contributed by atoms with Gasteiger partial charge < -0.3 is 4.74 Å². The predicted molar refractivity (Wildman–Crippen MR) is 142 cm³/mol. The quantitative estimate of drug-likeness (QED) is 0.273. The normalized spacial score (nSPS) is 24.5. The van der Waals surface area contributed by atoms with E-state index in [1.807, 2.05) is 19.1 Å². The summed E-state index contributed by atoms with van der Waals surface area (Å²) in [6, 6.07) is 11.3. The smallest absolute Gasteiger partial charge is 0.191 e. The summed E-state index contributed by atoms with van der Waals surface area (Å²) in [4.78, 5) is 0. The van der Waals surface area contributed by atoms with Crippen LogP contribution in [0.15, 0.2) is 36.4 Å². The van der Waals surface area contributed by atoms with Gasteiger partial charge in [0.2, 0.25) is 0 Å². The van der Waals surface area contributed by atoms with Crippen LogP contribution in [-0.2, 0) is 5.41 Å². The minimum absolute atomic E-state index is 0.202. The number of benzene rings is 2. The third kappa shape index (κ3) is 5.92. The number of unbranched alkanes of at least 4 members (excludes halogenated alkanes) is 4. The van der Waals surface area contributed by atoms with E-state index in [4.69, 9.17) is 4.74 Å². The number of ether oxygens (including phenoxy) is 1. The molecule has 3 saturated carbocycles. The number of hydrogen-bond donors (Lipinski definition) is 0. The molecule has 0 N–H and O–H groups in total. The molecule has 1 nitrogen and oxygen atoms in total. The third-order valence-electron chi connectivity index (χ3n) is 9.07. The topological polar surface area (TPSA) is 9.23 Å². The summed E-state index contributed by atoms with van der Waals surface area (Å²) in [5.74, 6) is -1.49. The molecule has 2 bridgehead atoms. The second-order valence-corrected chi connectivity index (χ2v) is 11.5. The average Bonchev–Trinajstić information content (AvgIpc) is 2.89. The van der Waals surface area contributed by atoms with E-state index in [1.165, 1.54) is 88.3 Å². The Morgan fingerprint density at radius 2 is 1.37 bits per heavy atom. The lowest BCUT2D eigenvalue weighted by atomic mass is 9.51. The first-order valence-electron chi connectivity index (χ1n) is 14.2. The largest absolute Gasteiger partial charge is 0.485 e. The van der Waals surface area contributed by atoms with E-state index in [-0.39, 0.29) is 11.9 Å². The van der Waals surface area contributed by atoms with E-state index >= 15 is 0 Å². The number of halogens is 2. The molecule has 3 fully saturated rings. The monoisotopic (exact) mass is 482 g/mol. The van der Waals surface area contributed by atoms with Crippen LogP contribution in [0.4, 0.5) is 8.78 Å². The molecule has 5 rings (SSSR count). The lowest BCUT2D eigenvalue weighted by Gasteiger charge is -2.54. The first kappa shape index (κ1) is 26.2. The lowest BCUT2D eigenvalue weighted by molar-refractivity contribution is 0.0308. The van der Waals surface area contributed by atoms with Crippen molar-refractivity contribution in [3.05, 3.63) is 53.6 Å². The van der Waals surface area contributed by atoms with Crippen LogP contribution in [0.2, 0.25) is 0 Å². The maximum Gasteiger partial charge on any atom is 0.191 e. The molecule has 35 heavy (non-hydrogen) atoms. The van der Waals surface area contributed by atoms with E-state index < -0.39 is 11.6 Å². The Morgan fingerprint density at radius 1 is 0.771 bits per heavy atom. The van der Waals surface area contributed by atoms with Crippen LogP contribution in [0.25, 0.3) is 11.1 Å². The van der Waals surface area contributed by atoms with Gasteiger partial charge >= 0.3 is 0 Å². The van der Waals surface area contributed by atoms with Gasteiger partial charge in [0.15, 0.2) is 17.4 Å². The Hall–Kier alpha value is -1.90. The summed E-state index contributed by atoms with van der Waals surface area (Å²) in [7, 11) is 0. The van der Waals surface area contributed by atoms with Crippen molar-refractivity contribution in [2.45, 2.75) is 122 Å². The molecule has 3 heteroatoms. The van der Waals surface area contributed by atoms with Crippen LogP contribution >= 0.6 is 0 Å². The highest BCUT2D eigenvalue weighted by Gasteiger charge is 2.48. The van der Waals surface area contributed by atoms with Crippen molar-refractivity contribution in [1.82, 2.24) is 0 Å². The van der Waals surface area contributed by atoms with Crippen LogP contribution in [0.1, 0.15) is 116 Å². The minimum Gasteiger partial charge on any atom is -0.485 e. The number of fused-ring (bicyclic) bond motifs is 3. The van der Waals surface area contributed by atoms with Crippen molar-refractivity contribution in [3.8, 4) is 16.9 Å². The second kappa shape index (κ2) is 11.4. The Bertz CT molecular complexity index is 916. The highest BCUT2D eigenvalue weighted by molar-refractivity contribution is 5.65. The van der Waals surface area contributed by atoms with Crippen molar-refractivity contribution in [1.29, 1.82) is 0 Å². The maximum absolute atomic E-state index is 14.9. The van der Waals surface area contributed by atoms with Crippen LogP contribution < -0.4 is 4.74 Å². The fourth-order valence-corrected chi connectivity index (χ4v) is 6.60. The van der Waals surface area contributed by atoms with Gasteiger partial charge in [0.25, 0.3) is 0 Å². The third-order valence-corrected chi connectivity index (χ3v) is 9.07.